The summed E-state index contributed by atoms with van der Waals surface area (Å²) in [4.78, 5) is 24.2. The maximum Gasteiger partial charge on any atom is 0.331 e. The minimum Gasteiger partial charge on any atom is -0.464 e. The molecule has 0 bridgehead atoms. The molecule has 1 fully saturated rings. The number of carbonyl (C=O) groups is 2. The van der Waals surface area contributed by atoms with Gasteiger partial charge < -0.3 is 19.9 Å². The van der Waals surface area contributed by atoms with Gasteiger partial charge in [0, 0.05) is 6.61 Å². The number of nitrogens with one attached hydrogen (secondary N) is 1. The van der Waals surface area contributed by atoms with E-state index < -0.39 is 30.1 Å². The highest BCUT2D eigenvalue weighted by molar-refractivity contribution is 5.87. The molecule has 2 rings (SSSR count). The SMILES string of the molecule is CCOC(=O)C(NC(=O)C1CCCO1)C(O)c1ccccc1. The van der Waals surface area contributed by atoms with Crippen molar-refractivity contribution < 1.29 is 24.2 Å². The van der Waals surface area contributed by atoms with Crippen LogP contribution in [0.1, 0.15) is 31.4 Å². The van der Waals surface area contributed by atoms with Gasteiger partial charge in [0.25, 0.3) is 0 Å². The van der Waals surface area contributed by atoms with E-state index in [1.54, 1.807) is 37.3 Å². The number of benzene rings is 1. The monoisotopic (exact) mass is 307 g/mol. The van der Waals surface area contributed by atoms with Crippen LogP contribution in [-0.4, -0.2) is 42.3 Å². The summed E-state index contributed by atoms with van der Waals surface area (Å²) in [7, 11) is 0. The Morgan fingerprint density at radius 3 is 2.73 bits per heavy atom. The zero-order chi connectivity index (χ0) is 15.9. The molecule has 1 aromatic carbocycles. The first-order valence-electron chi connectivity index (χ1n) is 7.45. The first kappa shape index (κ1) is 16.5. The summed E-state index contributed by atoms with van der Waals surface area (Å²) in [6.45, 7) is 2.38. The topological polar surface area (TPSA) is 84.9 Å². The second kappa shape index (κ2) is 7.91. The van der Waals surface area contributed by atoms with E-state index in [2.05, 4.69) is 5.32 Å². The first-order valence-corrected chi connectivity index (χ1v) is 7.45. The largest absolute Gasteiger partial charge is 0.464 e. The number of ether oxygens (including phenoxy) is 2. The predicted molar refractivity (Wildman–Crippen MR) is 78.9 cm³/mol. The molecule has 1 heterocycles. The van der Waals surface area contributed by atoms with Crippen LogP contribution in [0.3, 0.4) is 0 Å². The number of carbonyl (C=O) groups excluding carboxylic acids is 2. The Morgan fingerprint density at radius 2 is 2.14 bits per heavy atom. The number of hydrogen-bond donors (Lipinski definition) is 2. The van der Waals surface area contributed by atoms with Gasteiger partial charge in [-0.05, 0) is 25.3 Å². The van der Waals surface area contributed by atoms with Crippen LogP contribution >= 0.6 is 0 Å². The predicted octanol–water partition coefficient (Wildman–Crippen LogP) is 0.947. The fourth-order valence-electron chi connectivity index (χ4n) is 2.37. The van der Waals surface area contributed by atoms with Crippen molar-refractivity contribution in [3.05, 3.63) is 35.9 Å². The molecular weight excluding hydrogens is 286 g/mol. The van der Waals surface area contributed by atoms with E-state index in [-0.39, 0.29) is 6.61 Å². The van der Waals surface area contributed by atoms with Crippen molar-refractivity contribution in [1.29, 1.82) is 0 Å². The fraction of sp³-hybridized carbons (Fsp3) is 0.500. The lowest BCUT2D eigenvalue weighted by Crippen LogP contribution is -2.49. The lowest BCUT2D eigenvalue weighted by atomic mass is 10.0. The van der Waals surface area contributed by atoms with Gasteiger partial charge in [0.1, 0.15) is 12.2 Å². The lowest BCUT2D eigenvalue weighted by Gasteiger charge is -2.24. The van der Waals surface area contributed by atoms with Crippen LogP contribution in [0.5, 0.6) is 0 Å². The minimum absolute atomic E-state index is 0.173. The molecule has 120 valence electrons. The molecular formula is C16H21NO5. The molecule has 6 heteroatoms. The molecule has 3 atom stereocenters. The first-order chi connectivity index (χ1) is 10.6. The summed E-state index contributed by atoms with van der Waals surface area (Å²) >= 11 is 0. The highest BCUT2D eigenvalue weighted by Crippen LogP contribution is 2.19. The van der Waals surface area contributed by atoms with Crippen molar-refractivity contribution in [1.82, 2.24) is 5.32 Å². The zero-order valence-electron chi connectivity index (χ0n) is 12.5. The maximum atomic E-state index is 12.1. The van der Waals surface area contributed by atoms with Crippen molar-refractivity contribution in [2.24, 2.45) is 0 Å². The van der Waals surface area contributed by atoms with Gasteiger partial charge in [-0.15, -0.1) is 0 Å². The average molecular weight is 307 g/mol. The Hall–Kier alpha value is -1.92. The molecule has 0 saturated carbocycles. The van der Waals surface area contributed by atoms with E-state index in [1.807, 2.05) is 0 Å². The molecule has 1 aromatic rings. The van der Waals surface area contributed by atoms with Crippen LogP contribution in [0.2, 0.25) is 0 Å². The van der Waals surface area contributed by atoms with Crippen molar-refractivity contribution in [3.63, 3.8) is 0 Å². The van der Waals surface area contributed by atoms with E-state index in [0.717, 1.165) is 6.42 Å². The van der Waals surface area contributed by atoms with Gasteiger partial charge in [-0.1, -0.05) is 30.3 Å². The van der Waals surface area contributed by atoms with Gasteiger partial charge >= 0.3 is 5.97 Å². The summed E-state index contributed by atoms with van der Waals surface area (Å²) in [5, 5.41) is 13.0. The summed E-state index contributed by atoms with van der Waals surface area (Å²) in [5.74, 6) is -1.06. The molecule has 22 heavy (non-hydrogen) atoms. The van der Waals surface area contributed by atoms with Crippen molar-refractivity contribution in [2.45, 2.75) is 38.0 Å². The van der Waals surface area contributed by atoms with E-state index in [1.165, 1.54) is 0 Å². The second-order valence-electron chi connectivity index (χ2n) is 5.10. The molecule has 1 saturated heterocycles. The molecule has 1 aliphatic heterocycles. The molecule has 1 amide bonds. The standard InChI is InChI=1S/C16H21NO5/c1-2-21-16(20)13(14(18)11-7-4-3-5-8-11)17-15(19)12-9-6-10-22-12/h3-5,7-8,12-14,18H,2,6,9-10H2,1H3,(H,17,19). The Bertz CT molecular complexity index is 499. The number of amides is 1. The molecule has 3 unspecified atom stereocenters. The molecule has 0 aliphatic carbocycles. The smallest absolute Gasteiger partial charge is 0.331 e. The zero-order valence-corrected chi connectivity index (χ0v) is 12.5. The van der Waals surface area contributed by atoms with E-state index in [9.17, 15) is 14.7 Å². The van der Waals surface area contributed by atoms with Crippen LogP contribution in [-0.2, 0) is 19.1 Å². The number of esters is 1. The van der Waals surface area contributed by atoms with Crippen LogP contribution < -0.4 is 5.32 Å². The van der Waals surface area contributed by atoms with Crippen molar-refractivity contribution in [2.75, 3.05) is 13.2 Å². The van der Waals surface area contributed by atoms with Gasteiger partial charge in [0.15, 0.2) is 6.04 Å². The Morgan fingerprint density at radius 1 is 1.41 bits per heavy atom. The van der Waals surface area contributed by atoms with E-state index >= 15 is 0 Å². The normalized spacial score (nSPS) is 20.2. The highest BCUT2D eigenvalue weighted by Gasteiger charge is 2.34. The van der Waals surface area contributed by atoms with Crippen LogP contribution in [0.15, 0.2) is 30.3 Å². The van der Waals surface area contributed by atoms with Gasteiger partial charge in [-0.2, -0.15) is 0 Å². The Balaban J connectivity index is 2.11. The number of rotatable bonds is 6. The molecule has 1 aliphatic rings. The van der Waals surface area contributed by atoms with Gasteiger partial charge in [-0.25, -0.2) is 4.79 Å². The Labute approximate surface area is 129 Å². The Kier molecular flexibility index (Phi) is 5.91. The van der Waals surface area contributed by atoms with Crippen molar-refractivity contribution in [3.8, 4) is 0 Å². The third-order valence-electron chi connectivity index (χ3n) is 3.52. The third-order valence-corrected chi connectivity index (χ3v) is 3.52. The molecule has 0 aromatic heterocycles. The van der Waals surface area contributed by atoms with Crippen LogP contribution in [0.4, 0.5) is 0 Å². The van der Waals surface area contributed by atoms with Crippen LogP contribution in [0.25, 0.3) is 0 Å². The molecule has 2 N–H and O–H groups in total. The van der Waals surface area contributed by atoms with Gasteiger partial charge in [-0.3, -0.25) is 4.79 Å². The quantitative estimate of drug-likeness (QED) is 0.764. The average Bonchev–Trinajstić information content (AvgIpc) is 3.07. The van der Waals surface area contributed by atoms with Crippen molar-refractivity contribution >= 4 is 11.9 Å². The van der Waals surface area contributed by atoms with E-state index in [4.69, 9.17) is 9.47 Å². The molecule has 6 nitrogen and oxygen atoms in total. The third kappa shape index (κ3) is 4.05. The molecule has 0 radical (unpaired) electrons. The van der Waals surface area contributed by atoms with E-state index in [0.29, 0.717) is 18.6 Å². The summed E-state index contributed by atoms with van der Waals surface area (Å²) in [5.41, 5.74) is 0.535. The highest BCUT2D eigenvalue weighted by atomic mass is 16.5. The second-order valence-corrected chi connectivity index (χ2v) is 5.10. The van der Waals surface area contributed by atoms with Crippen LogP contribution in [0, 0.1) is 0 Å². The number of aliphatic hydroxyl groups is 1. The minimum atomic E-state index is -1.18. The summed E-state index contributed by atoms with van der Waals surface area (Å²) in [6, 6.07) is 7.54. The fourth-order valence-corrected chi connectivity index (χ4v) is 2.37. The number of hydrogen-bond acceptors (Lipinski definition) is 5. The van der Waals surface area contributed by atoms with Gasteiger partial charge in [0.2, 0.25) is 5.91 Å². The molecule has 0 spiro atoms. The summed E-state index contributed by atoms with van der Waals surface area (Å²) in [6.07, 6.45) is -0.322. The number of aliphatic hydroxyl groups excluding tert-OH is 1. The summed E-state index contributed by atoms with van der Waals surface area (Å²) < 4.78 is 10.3. The van der Waals surface area contributed by atoms with Gasteiger partial charge in [0.05, 0.1) is 6.61 Å². The maximum absolute atomic E-state index is 12.1. The lowest BCUT2D eigenvalue weighted by molar-refractivity contribution is -0.152.